The largest absolute Gasteiger partial charge is 0.537 e. The first-order chi connectivity index (χ1) is 16.9. The van der Waals surface area contributed by atoms with Gasteiger partial charge in [0.15, 0.2) is 0 Å². The van der Waals surface area contributed by atoms with Crippen LogP contribution in [-0.4, -0.2) is 36.1 Å². The summed E-state index contributed by atoms with van der Waals surface area (Å²) in [5, 5.41) is 0. The predicted octanol–water partition coefficient (Wildman–Crippen LogP) is 4.64. The standard InChI is InChI=1S/C24H30N3O9P/c1-22(2,3)16(10-25-13-28)19(31)34-37(35-20(32)17(11-26-14-29)23(4,5)6)36-21(33)18(12-27-15-30)24(7,8)9/h10-12H,1-9H3. The molecule has 0 saturated carbocycles. The molecule has 0 aliphatic rings. The summed E-state index contributed by atoms with van der Waals surface area (Å²) in [5.41, 5.74) is -3.04. The third kappa shape index (κ3) is 11.7. The molecule has 12 nitrogen and oxygen atoms in total. The van der Waals surface area contributed by atoms with Crippen molar-refractivity contribution in [2.75, 3.05) is 0 Å². The third-order valence-corrected chi connectivity index (χ3v) is 5.24. The van der Waals surface area contributed by atoms with Gasteiger partial charge in [-0.25, -0.2) is 28.8 Å². The van der Waals surface area contributed by atoms with Gasteiger partial charge >= 0.3 is 26.5 Å². The van der Waals surface area contributed by atoms with Crippen molar-refractivity contribution in [1.29, 1.82) is 0 Å². The Bertz CT molecular complexity index is 987. The zero-order chi connectivity index (χ0) is 29.0. The summed E-state index contributed by atoms with van der Waals surface area (Å²) < 4.78 is 15.7. The summed E-state index contributed by atoms with van der Waals surface area (Å²) in [5.74, 6) is -3.30. The number of nitrogens with zero attached hydrogens (tertiary/aromatic N) is 3. The lowest BCUT2D eigenvalue weighted by Crippen LogP contribution is -2.24. The maximum absolute atomic E-state index is 12.9. The minimum atomic E-state index is -3.05. The lowest BCUT2D eigenvalue weighted by atomic mass is 9.87. The van der Waals surface area contributed by atoms with Gasteiger partial charge in [-0.1, -0.05) is 62.3 Å². The Morgan fingerprint density at radius 2 is 0.757 bits per heavy atom. The van der Waals surface area contributed by atoms with Crippen molar-refractivity contribution in [2.45, 2.75) is 62.3 Å². The summed E-state index contributed by atoms with van der Waals surface area (Å²) >= 11 is 0. The van der Waals surface area contributed by atoms with E-state index in [9.17, 15) is 28.8 Å². The molecule has 0 atom stereocenters. The van der Waals surface area contributed by atoms with Gasteiger partial charge in [-0.2, -0.15) is 15.0 Å². The van der Waals surface area contributed by atoms with Gasteiger partial charge in [0.05, 0.1) is 35.3 Å². The van der Waals surface area contributed by atoms with Crippen molar-refractivity contribution in [3.8, 4) is 0 Å². The predicted molar refractivity (Wildman–Crippen MR) is 132 cm³/mol. The molecule has 0 aromatic rings. The Hall–Kier alpha value is -3.80. The molecule has 0 aromatic carbocycles. The molecule has 0 spiro atoms. The van der Waals surface area contributed by atoms with Gasteiger partial charge in [0, 0.05) is 0 Å². The monoisotopic (exact) mass is 535 g/mol. The number of isocyanates is 3. The molecule has 0 aromatic heterocycles. The van der Waals surface area contributed by atoms with Crippen LogP contribution >= 0.6 is 8.60 Å². The molecule has 0 unspecified atom stereocenters. The van der Waals surface area contributed by atoms with Crippen LogP contribution in [0.15, 0.2) is 50.3 Å². The minimum Gasteiger partial charge on any atom is -0.371 e. The summed E-state index contributed by atoms with van der Waals surface area (Å²) in [7, 11) is -3.05. The molecule has 0 heterocycles. The van der Waals surface area contributed by atoms with Crippen LogP contribution in [0, 0.1) is 16.2 Å². The van der Waals surface area contributed by atoms with Crippen LogP contribution in [0.1, 0.15) is 62.3 Å². The topological polar surface area (TPSA) is 167 Å². The van der Waals surface area contributed by atoms with Crippen molar-refractivity contribution in [2.24, 2.45) is 31.2 Å². The summed E-state index contributed by atoms with van der Waals surface area (Å²) in [6.07, 6.45) is 6.58. The van der Waals surface area contributed by atoms with E-state index >= 15 is 0 Å². The van der Waals surface area contributed by atoms with E-state index in [0.717, 1.165) is 18.6 Å². The highest BCUT2D eigenvalue weighted by Crippen LogP contribution is 2.46. The number of carbonyl (C=O) groups is 3. The number of carbonyl (C=O) groups excluding carboxylic acids is 6. The molecule has 0 fully saturated rings. The number of rotatable bonds is 9. The van der Waals surface area contributed by atoms with Gasteiger partial charge in [-0.05, 0) is 16.2 Å². The first kappa shape index (κ1) is 33.2. The fourth-order valence-electron chi connectivity index (χ4n) is 2.34. The first-order valence-corrected chi connectivity index (χ1v) is 11.8. The van der Waals surface area contributed by atoms with Gasteiger partial charge in [-0.15, -0.1) is 0 Å². The fourth-order valence-corrected chi connectivity index (χ4v) is 3.15. The number of aliphatic imine (C=N–C) groups is 3. The molecule has 200 valence electrons. The second-order valence-corrected chi connectivity index (χ2v) is 11.4. The Balaban J connectivity index is 6.55. The second kappa shape index (κ2) is 14.1. The van der Waals surface area contributed by atoms with Crippen LogP contribution < -0.4 is 0 Å². The average Bonchev–Trinajstić information content (AvgIpc) is 2.71. The van der Waals surface area contributed by atoms with E-state index in [-0.39, 0.29) is 16.7 Å². The van der Waals surface area contributed by atoms with Crippen molar-refractivity contribution < 1.29 is 42.3 Å². The zero-order valence-electron chi connectivity index (χ0n) is 22.2. The molecular formula is C24H30N3O9P. The van der Waals surface area contributed by atoms with Gasteiger partial charge < -0.3 is 13.6 Å². The van der Waals surface area contributed by atoms with Crippen LogP contribution in [0.4, 0.5) is 0 Å². The van der Waals surface area contributed by atoms with E-state index in [1.165, 1.54) is 18.2 Å². The average molecular weight is 535 g/mol. The highest BCUT2D eigenvalue weighted by molar-refractivity contribution is 7.43. The molecule has 0 aliphatic heterocycles. The maximum Gasteiger partial charge on any atom is 0.537 e. The first-order valence-electron chi connectivity index (χ1n) is 10.7. The van der Waals surface area contributed by atoms with E-state index in [0.29, 0.717) is 0 Å². The van der Waals surface area contributed by atoms with Gasteiger partial charge in [0.1, 0.15) is 0 Å². The van der Waals surface area contributed by atoms with Gasteiger partial charge in [-0.3, -0.25) is 0 Å². The molecule has 0 saturated heterocycles. The Kier molecular flexibility index (Phi) is 12.6. The third-order valence-electron chi connectivity index (χ3n) is 4.30. The molecule has 37 heavy (non-hydrogen) atoms. The van der Waals surface area contributed by atoms with Crippen molar-refractivity contribution in [3.05, 3.63) is 35.3 Å². The normalized spacial score (nSPS) is 13.7. The molecule has 0 N–H and O–H groups in total. The SMILES string of the molecule is CC(C)(C)C(=CN=C=O)C(=O)OP(OC(=O)C(=CN=C=O)C(C)(C)C)OC(=O)C(=CN=C=O)C(C)(C)C. The molecule has 13 heteroatoms. The van der Waals surface area contributed by atoms with E-state index in [4.69, 9.17) is 13.6 Å². The minimum absolute atomic E-state index is 0.121. The van der Waals surface area contributed by atoms with E-state index in [1.54, 1.807) is 62.3 Å². The molecule has 0 bridgehead atoms. The fraction of sp³-hybridized carbons (Fsp3) is 0.500. The Morgan fingerprint density at radius 3 is 0.919 bits per heavy atom. The van der Waals surface area contributed by atoms with E-state index in [1.807, 2.05) is 0 Å². The van der Waals surface area contributed by atoms with Gasteiger partial charge in [0.25, 0.3) is 0 Å². The quantitative estimate of drug-likeness (QED) is 0.177. The van der Waals surface area contributed by atoms with Crippen molar-refractivity contribution in [3.63, 3.8) is 0 Å². The molecule has 0 amide bonds. The second-order valence-electron chi connectivity index (χ2n) is 10.4. The van der Waals surface area contributed by atoms with Crippen LogP contribution in [0.3, 0.4) is 0 Å². The Morgan fingerprint density at radius 1 is 0.541 bits per heavy atom. The maximum atomic E-state index is 12.9. The molecule has 0 radical (unpaired) electrons. The summed E-state index contributed by atoms with van der Waals surface area (Å²) in [4.78, 5) is 80.4. The number of hydrogen-bond donors (Lipinski definition) is 0. The number of hydrogen-bond acceptors (Lipinski definition) is 12. The van der Waals surface area contributed by atoms with Crippen LogP contribution in [0.5, 0.6) is 0 Å². The summed E-state index contributed by atoms with van der Waals surface area (Å²) in [6.45, 7) is 14.6. The lowest BCUT2D eigenvalue weighted by molar-refractivity contribution is -0.138. The lowest BCUT2D eigenvalue weighted by Gasteiger charge is -2.25. The van der Waals surface area contributed by atoms with E-state index < -0.39 is 42.8 Å². The van der Waals surface area contributed by atoms with Gasteiger partial charge in [0.2, 0.25) is 18.2 Å². The molecular weight excluding hydrogens is 505 g/mol. The molecule has 0 rings (SSSR count). The van der Waals surface area contributed by atoms with Crippen LogP contribution in [0.2, 0.25) is 0 Å². The van der Waals surface area contributed by atoms with Crippen LogP contribution in [-0.2, 0) is 42.3 Å². The Labute approximate surface area is 216 Å². The van der Waals surface area contributed by atoms with E-state index in [2.05, 4.69) is 15.0 Å². The van der Waals surface area contributed by atoms with Crippen LogP contribution in [0.25, 0.3) is 0 Å². The highest BCUT2D eigenvalue weighted by atomic mass is 31.2. The van der Waals surface area contributed by atoms with Crippen molar-refractivity contribution >= 4 is 44.8 Å². The molecule has 0 aliphatic carbocycles. The zero-order valence-corrected chi connectivity index (χ0v) is 23.1. The summed E-state index contributed by atoms with van der Waals surface area (Å²) in [6, 6.07) is 0. The highest BCUT2D eigenvalue weighted by Gasteiger charge is 2.37. The van der Waals surface area contributed by atoms with Crippen molar-refractivity contribution in [1.82, 2.24) is 0 Å². The smallest absolute Gasteiger partial charge is 0.371 e.